The van der Waals surface area contributed by atoms with E-state index in [1.54, 1.807) is 11.8 Å². The fraction of sp³-hybridized carbons (Fsp3) is 0.882. The summed E-state index contributed by atoms with van der Waals surface area (Å²) in [5.74, 6) is -0.251. The Bertz CT molecular complexity index is 400. The highest BCUT2D eigenvalue weighted by Crippen LogP contribution is 2.22. The summed E-state index contributed by atoms with van der Waals surface area (Å²) in [5.41, 5.74) is 0. The van der Waals surface area contributed by atoms with Gasteiger partial charge in [-0.15, -0.1) is 0 Å². The van der Waals surface area contributed by atoms with Crippen LogP contribution in [0.15, 0.2) is 0 Å². The molecule has 2 heterocycles. The Morgan fingerprint density at radius 2 is 1.87 bits per heavy atom. The van der Waals surface area contributed by atoms with Gasteiger partial charge in [-0.3, -0.25) is 9.69 Å². The summed E-state index contributed by atoms with van der Waals surface area (Å²) in [6, 6.07) is -0.138. The van der Waals surface area contributed by atoms with E-state index in [1.807, 2.05) is 0 Å². The molecule has 1 N–H and O–H groups in total. The summed E-state index contributed by atoms with van der Waals surface area (Å²) in [5, 5.41) is 9.21. The van der Waals surface area contributed by atoms with E-state index >= 15 is 0 Å². The first-order valence-electron chi connectivity index (χ1n) is 8.98. The SMILES string of the molecule is CCOC(=O)C1CCCCN1C(=O)CN1CCCCC1CCO. The summed E-state index contributed by atoms with van der Waals surface area (Å²) in [4.78, 5) is 28.8. The third-order valence-corrected chi connectivity index (χ3v) is 4.93. The molecule has 6 heteroatoms. The van der Waals surface area contributed by atoms with E-state index in [1.165, 1.54) is 0 Å². The molecule has 0 spiro atoms. The molecule has 2 aliphatic rings. The maximum Gasteiger partial charge on any atom is 0.328 e. The summed E-state index contributed by atoms with van der Waals surface area (Å²) >= 11 is 0. The van der Waals surface area contributed by atoms with Gasteiger partial charge >= 0.3 is 5.97 Å². The normalized spacial score (nSPS) is 26.1. The van der Waals surface area contributed by atoms with Crippen molar-refractivity contribution < 1.29 is 19.4 Å². The van der Waals surface area contributed by atoms with Gasteiger partial charge in [-0.1, -0.05) is 6.42 Å². The molecule has 2 rings (SSSR count). The van der Waals surface area contributed by atoms with Crippen molar-refractivity contribution >= 4 is 11.9 Å². The quantitative estimate of drug-likeness (QED) is 0.742. The minimum Gasteiger partial charge on any atom is -0.464 e. The Balaban J connectivity index is 1.97. The second kappa shape index (κ2) is 9.23. The molecule has 0 aromatic carbocycles. The van der Waals surface area contributed by atoms with Crippen LogP contribution in [0.2, 0.25) is 0 Å². The molecule has 2 aliphatic heterocycles. The third kappa shape index (κ3) is 4.91. The first kappa shape index (κ1) is 18.2. The van der Waals surface area contributed by atoms with E-state index in [-0.39, 0.29) is 24.5 Å². The maximum atomic E-state index is 12.7. The Hall–Kier alpha value is -1.14. The van der Waals surface area contributed by atoms with Crippen molar-refractivity contribution in [2.24, 2.45) is 0 Å². The van der Waals surface area contributed by atoms with Crippen molar-refractivity contribution in [2.45, 2.75) is 64.0 Å². The van der Waals surface area contributed by atoms with Crippen LogP contribution >= 0.6 is 0 Å². The number of carbonyl (C=O) groups excluding carboxylic acids is 2. The highest BCUT2D eigenvalue weighted by Gasteiger charge is 2.34. The van der Waals surface area contributed by atoms with Gasteiger partial charge in [-0.05, 0) is 52.0 Å². The highest BCUT2D eigenvalue weighted by molar-refractivity contribution is 5.85. The minimum absolute atomic E-state index is 0.0209. The van der Waals surface area contributed by atoms with Gasteiger partial charge in [0, 0.05) is 19.2 Å². The smallest absolute Gasteiger partial charge is 0.328 e. The fourth-order valence-corrected chi connectivity index (χ4v) is 3.72. The van der Waals surface area contributed by atoms with E-state index in [9.17, 15) is 14.7 Å². The van der Waals surface area contributed by atoms with Gasteiger partial charge in [0.05, 0.1) is 13.2 Å². The molecule has 0 bridgehead atoms. The minimum atomic E-state index is -0.419. The molecular weight excluding hydrogens is 296 g/mol. The van der Waals surface area contributed by atoms with Gasteiger partial charge in [-0.25, -0.2) is 4.79 Å². The predicted octanol–water partition coefficient (Wildman–Crippen LogP) is 1.17. The number of piperidine rings is 2. The molecule has 1 amide bonds. The van der Waals surface area contributed by atoms with E-state index in [0.29, 0.717) is 32.5 Å². The van der Waals surface area contributed by atoms with Crippen molar-refractivity contribution in [2.75, 3.05) is 32.8 Å². The molecule has 2 saturated heterocycles. The lowest BCUT2D eigenvalue weighted by atomic mass is 9.99. The summed E-state index contributed by atoms with van der Waals surface area (Å²) in [6.45, 7) is 4.18. The number of aliphatic hydroxyl groups is 1. The average Bonchev–Trinajstić information content (AvgIpc) is 2.57. The second-order valence-corrected chi connectivity index (χ2v) is 6.48. The molecule has 0 saturated carbocycles. The molecule has 6 nitrogen and oxygen atoms in total. The van der Waals surface area contributed by atoms with E-state index < -0.39 is 6.04 Å². The summed E-state index contributed by atoms with van der Waals surface area (Å²) in [7, 11) is 0. The Morgan fingerprint density at radius 1 is 1.13 bits per heavy atom. The van der Waals surface area contributed by atoms with Crippen molar-refractivity contribution in [1.82, 2.24) is 9.80 Å². The number of amides is 1. The van der Waals surface area contributed by atoms with Crippen LogP contribution in [-0.4, -0.2) is 71.7 Å². The average molecular weight is 326 g/mol. The number of esters is 1. The van der Waals surface area contributed by atoms with E-state index in [0.717, 1.165) is 38.6 Å². The van der Waals surface area contributed by atoms with E-state index in [2.05, 4.69) is 4.90 Å². The van der Waals surface area contributed by atoms with Crippen LogP contribution in [0.25, 0.3) is 0 Å². The molecule has 0 aromatic rings. The van der Waals surface area contributed by atoms with Gasteiger partial charge in [0.15, 0.2) is 0 Å². The lowest BCUT2D eigenvalue weighted by molar-refractivity contribution is -0.157. The van der Waals surface area contributed by atoms with Crippen LogP contribution in [0.1, 0.15) is 51.9 Å². The molecule has 2 fully saturated rings. The highest BCUT2D eigenvalue weighted by atomic mass is 16.5. The first-order valence-corrected chi connectivity index (χ1v) is 8.98. The van der Waals surface area contributed by atoms with Crippen LogP contribution in [0, 0.1) is 0 Å². The Morgan fingerprint density at radius 3 is 2.61 bits per heavy atom. The van der Waals surface area contributed by atoms with Crippen LogP contribution in [0.5, 0.6) is 0 Å². The number of carbonyl (C=O) groups is 2. The van der Waals surface area contributed by atoms with Gasteiger partial charge in [0.25, 0.3) is 0 Å². The number of hydrogen-bond donors (Lipinski definition) is 1. The number of hydrogen-bond acceptors (Lipinski definition) is 5. The zero-order valence-corrected chi connectivity index (χ0v) is 14.2. The monoisotopic (exact) mass is 326 g/mol. The van der Waals surface area contributed by atoms with Crippen LogP contribution in [0.4, 0.5) is 0 Å². The number of nitrogens with zero attached hydrogens (tertiary/aromatic N) is 2. The van der Waals surface area contributed by atoms with Gasteiger partial charge < -0.3 is 14.7 Å². The summed E-state index contributed by atoms with van der Waals surface area (Å²) in [6.07, 6.45) is 6.61. The fourth-order valence-electron chi connectivity index (χ4n) is 3.72. The molecule has 0 aliphatic carbocycles. The lowest BCUT2D eigenvalue weighted by Gasteiger charge is -2.39. The largest absolute Gasteiger partial charge is 0.464 e. The Labute approximate surface area is 138 Å². The van der Waals surface area contributed by atoms with Crippen molar-refractivity contribution in [1.29, 1.82) is 0 Å². The van der Waals surface area contributed by atoms with Crippen LogP contribution in [-0.2, 0) is 14.3 Å². The standard InChI is InChI=1S/C17H30N2O4/c1-2-23-17(22)15-8-4-6-11-19(15)16(21)13-18-10-5-3-7-14(18)9-12-20/h14-15,20H,2-13H2,1H3. The zero-order chi connectivity index (χ0) is 16.7. The maximum absolute atomic E-state index is 12.7. The molecule has 0 aromatic heterocycles. The van der Waals surface area contributed by atoms with Gasteiger partial charge in [0.2, 0.25) is 5.91 Å². The third-order valence-electron chi connectivity index (χ3n) is 4.93. The summed E-state index contributed by atoms with van der Waals surface area (Å²) < 4.78 is 5.13. The van der Waals surface area contributed by atoms with Gasteiger partial charge in [-0.2, -0.15) is 0 Å². The number of ether oxygens (including phenoxy) is 1. The molecule has 0 radical (unpaired) electrons. The van der Waals surface area contributed by atoms with Crippen LogP contribution in [0.3, 0.4) is 0 Å². The van der Waals surface area contributed by atoms with Crippen molar-refractivity contribution in [3.8, 4) is 0 Å². The van der Waals surface area contributed by atoms with E-state index in [4.69, 9.17) is 4.74 Å². The lowest BCUT2D eigenvalue weighted by Crippen LogP contribution is -2.53. The van der Waals surface area contributed by atoms with Crippen molar-refractivity contribution in [3.05, 3.63) is 0 Å². The molecule has 23 heavy (non-hydrogen) atoms. The first-order chi connectivity index (χ1) is 11.2. The van der Waals surface area contributed by atoms with Gasteiger partial charge in [0.1, 0.15) is 6.04 Å². The molecule has 132 valence electrons. The topological polar surface area (TPSA) is 70.1 Å². The zero-order valence-electron chi connectivity index (χ0n) is 14.2. The predicted molar refractivity (Wildman–Crippen MR) is 86.9 cm³/mol. The van der Waals surface area contributed by atoms with Crippen LogP contribution < -0.4 is 0 Å². The number of rotatable bonds is 6. The second-order valence-electron chi connectivity index (χ2n) is 6.48. The molecule has 2 atom stereocenters. The molecular formula is C17H30N2O4. The Kier molecular flexibility index (Phi) is 7.30. The molecule has 2 unspecified atom stereocenters. The number of likely N-dealkylation sites (tertiary alicyclic amines) is 2. The van der Waals surface area contributed by atoms with Crippen molar-refractivity contribution in [3.63, 3.8) is 0 Å². The number of aliphatic hydroxyl groups excluding tert-OH is 1.